The summed E-state index contributed by atoms with van der Waals surface area (Å²) in [6, 6.07) is 74.1. The van der Waals surface area contributed by atoms with E-state index in [1.807, 2.05) is 0 Å². The SMILES string of the molecule is Cc1ccc(N(c2ccccc2)c2cccc(-c3cccc(-c4cccc(-c5cccc(N(c6ccccc6)c6ccc(C)cc6)c5)c4)c3)c2)cc1. The van der Waals surface area contributed by atoms with Crippen molar-refractivity contribution >= 4 is 34.1 Å². The van der Waals surface area contributed by atoms with Gasteiger partial charge in [0.25, 0.3) is 0 Å². The fraction of sp³-hybridized carbons (Fsp3) is 0.0400. The van der Waals surface area contributed by atoms with Gasteiger partial charge < -0.3 is 9.80 Å². The largest absolute Gasteiger partial charge is 0.310 e. The van der Waals surface area contributed by atoms with Gasteiger partial charge in [0.15, 0.2) is 0 Å². The van der Waals surface area contributed by atoms with E-state index in [9.17, 15) is 0 Å². The minimum Gasteiger partial charge on any atom is -0.310 e. The molecule has 250 valence electrons. The van der Waals surface area contributed by atoms with E-state index in [2.05, 4.69) is 230 Å². The van der Waals surface area contributed by atoms with Crippen LogP contribution in [0.5, 0.6) is 0 Å². The van der Waals surface area contributed by atoms with Gasteiger partial charge in [0.2, 0.25) is 0 Å². The first-order valence-corrected chi connectivity index (χ1v) is 17.8. The molecule has 0 aliphatic heterocycles. The van der Waals surface area contributed by atoms with Gasteiger partial charge in [0.05, 0.1) is 0 Å². The predicted octanol–water partition coefficient (Wildman–Crippen LogP) is 14.2. The molecule has 0 aliphatic rings. The Hall–Kier alpha value is -6.64. The van der Waals surface area contributed by atoms with Crippen LogP contribution in [0.25, 0.3) is 33.4 Å². The van der Waals surface area contributed by atoms with Gasteiger partial charge in [-0.1, -0.05) is 132 Å². The average Bonchev–Trinajstić information content (AvgIpc) is 3.21. The van der Waals surface area contributed by atoms with E-state index in [1.54, 1.807) is 0 Å². The number of benzene rings is 8. The summed E-state index contributed by atoms with van der Waals surface area (Å²) in [5.74, 6) is 0. The topological polar surface area (TPSA) is 6.48 Å². The maximum Gasteiger partial charge on any atom is 0.0467 e. The number of aryl methyl sites for hydroxylation is 2. The fourth-order valence-corrected chi connectivity index (χ4v) is 6.84. The van der Waals surface area contributed by atoms with Crippen LogP contribution in [0.15, 0.2) is 206 Å². The van der Waals surface area contributed by atoms with Crippen molar-refractivity contribution in [3.8, 4) is 33.4 Å². The van der Waals surface area contributed by atoms with Crippen molar-refractivity contribution < 1.29 is 0 Å². The molecule has 0 unspecified atom stereocenters. The molecular weight excluding hydrogens is 629 g/mol. The zero-order valence-electron chi connectivity index (χ0n) is 29.5. The Morgan fingerprint density at radius 1 is 0.231 bits per heavy atom. The highest BCUT2D eigenvalue weighted by Gasteiger charge is 2.15. The lowest BCUT2D eigenvalue weighted by atomic mass is 9.95. The van der Waals surface area contributed by atoms with Crippen molar-refractivity contribution in [3.05, 3.63) is 217 Å². The monoisotopic (exact) mass is 668 g/mol. The van der Waals surface area contributed by atoms with Crippen LogP contribution in [0.1, 0.15) is 11.1 Å². The van der Waals surface area contributed by atoms with Gasteiger partial charge in [0.1, 0.15) is 0 Å². The third-order valence-corrected chi connectivity index (χ3v) is 9.55. The fourth-order valence-electron chi connectivity index (χ4n) is 6.84. The van der Waals surface area contributed by atoms with Gasteiger partial charge in [0, 0.05) is 34.1 Å². The predicted molar refractivity (Wildman–Crippen MR) is 222 cm³/mol. The standard InChI is InChI=1S/C50H40N2/c1-37-25-29-47(30-26-37)51(45-19-5-3-6-20-45)49-23-11-17-43(35-49)41-15-9-13-39(33-41)40-14-10-16-42(34-40)44-18-12-24-50(36-44)52(46-21-7-4-8-22-46)48-31-27-38(2)28-32-48/h3-36H,1-2H3. The normalized spacial score (nSPS) is 10.9. The van der Waals surface area contributed by atoms with E-state index >= 15 is 0 Å². The van der Waals surface area contributed by atoms with Crippen molar-refractivity contribution in [2.45, 2.75) is 13.8 Å². The van der Waals surface area contributed by atoms with E-state index in [0.29, 0.717) is 0 Å². The Balaban J connectivity index is 1.12. The summed E-state index contributed by atoms with van der Waals surface area (Å²) in [7, 11) is 0. The highest BCUT2D eigenvalue weighted by molar-refractivity contribution is 5.84. The molecule has 2 nitrogen and oxygen atoms in total. The van der Waals surface area contributed by atoms with Crippen molar-refractivity contribution in [2.75, 3.05) is 9.80 Å². The maximum absolute atomic E-state index is 2.32. The van der Waals surface area contributed by atoms with Crippen molar-refractivity contribution in [1.82, 2.24) is 0 Å². The Labute approximate surface area is 307 Å². The number of para-hydroxylation sites is 2. The quantitative estimate of drug-likeness (QED) is 0.151. The summed E-state index contributed by atoms with van der Waals surface area (Å²) in [6.45, 7) is 4.26. The van der Waals surface area contributed by atoms with Gasteiger partial charge in [-0.2, -0.15) is 0 Å². The third kappa shape index (κ3) is 7.01. The molecule has 2 heteroatoms. The molecule has 8 aromatic rings. The smallest absolute Gasteiger partial charge is 0.0467 e. The molecule has 0 saturated heterocycles. The van der Waals surface area contributed by atoms with Gasteiger partial charge >= 0.3 is 0 Å². The van der Waals surface area contributed by atoms with Crippen LogP contribution in [-0.2, 0) is 0 Å². The minimum absolute atomic E-state index is 1.12. The second kappa shape index (κ2) is 14.7. The zero-order chi connectivity index (χ0) is 35.3. The first-order chi connectivity index (χ1) is 25.6. The average molecular weight is 669 g/mol. The van der Waals surface area contributed by atoms with E-state index in [1.165, 1.54) is 44.5 Å². The Kier molecular flexibility index (Phi) is 9.19. The molecule has 0 saturated carbocycles. The molecule has 0 heterocycles. The van der Waals surface area contributed by atoms with Crippen molar-refractivity contribution in [1.29, 1.82) is 0 Å². The number of hydrogen-bond acceptors (Lipinski definition) is 2. The summed E-state index contributed by atoms with van der Waals surface area (Å²) in [5.41, 5.74) is 16.3. The van der Waals surface area contributed by atoms with Crippen LogP contribution in [0, 0.1) is 13.8 Å². The van der Waals surface area contributed by atoms with Crippen LogP contribution < -0.4 is 9.80 Å². The van der Waals surface area contributed by atoms with Crippen LogP contribution in [-0.4, -0.2) is 0 Å². The van der Waals surface area contributed by atoms with Gasteiger partial charge in [-0.3, -0.25) is 0 Å². The number of nitrogens with zero attached hydrogens (tertiary/aromatic N) is 2. The number of anilines is 6. The molecule has 0 aromatic heterocycles. The Bertz CT molecular complexity index is 2240. The van der Waals surface area contributed by atoms with E-state index < -0.39 is 0 Å². The molecule has 52 heavy (non-hydrogen) atoms. The second-order valence-electron chi connectivity index (χ2n) is 13.3. The molecule has 0 radical (unpaired) electrons. The first kappa shape index (κ1) is 32.6. The highest BCUT2D eigenvalue weighted by atomic mass is 15.1. The first-order valence-electron chi connectivity index (χ1n) is 17.8. The lowest BCUT2D eigenvalue weighted by Gasteiger charge is -2.26. The van der Waals surface area contributed by atoms with Gasteiger partial charge in [-0.15, -0.1) is 0 Å². The summed E-state index contributed by atoms with van der Waals surface area (Å²) in [4.78, 5) is 4.64. The number of hydrogen-bond donors (Lipinski definition) is 0. The molecule has 0 aliphatic carbocycles. The molecule has 0 atom stereocenters. The van der Waals surface area contributed by atoms with Crippen LogP contribution >= 0.6 is 0 Å². The molecule has 8 rings (SSSR count). The maximum atomic E-state index is 2.32. The van der Waals surface area contributed by atoms with Gasteiger partial charge in [-0.05, 0) is 132 Å². The lowest BCUT2D eigenvalue weighted by Crippen LogP contribution is -2.09. The molecule has 0 fully saturated rings. The Morgan fingerprint density at radius 2 is 0.500 bits per heavy atom. The highest BCUT2D eigenvalue weighted by Crippen LogP contribution is 2.39. The van der Waals surface area contributed by atoms with E-state index in [-0.39, 0.29) is 0 Å². The summed E-state index contributed by atoms with van der Waals surface area (Å²) < 4.78 is 0. The van der Waals surface area contributed by atoms with Gasteiger partial charge in [-0.25, -0.2) is 0 Å². The second-order valence-corrected chi connectivity index (χ2v) is 13.3. The van der Waals surface area contributed by atoms with E-state index in [4.69, 9.17) is 0 Å². The molecular formula is C50H40N2. The van der Waals surface area contributed by atoms with Crippen LogP contribution in [0.2, 0.25) is 0 Å². The molecule has 0 spiro atoms. The summed E-state index contributed by atoms with van der Waals surface area (Å²) >= 11 is 0. The number of rotatable bonds is 9. The molecule has 0 amide bonds. The lowest BCUT2D eigenvalue weighted by molar-refractivity contribution is 1.27. The summed E-state index contributed by atoms with van der Waals surface area (Å²) in [5, 5.41) is 0. The van der Waals surface area contributed by atoms with Crippen LogP contribution in [0.3, 0.4) is 0 Å². The molecule has 0 N–H and O–H groups in total. The Morgan fingerprint density at radius 3 is 0.846 bits per heavy atom. The van der Waals surface area contributed by atoms with Crippen molar-refractivity contribution in [3.63, 3.8) is 0 Å². The van der Waals surface area contributed by atoms with Crippen LogP contribution in [0.4, 0.5) is 34.1 Å². The van der Waals surface area contributed by atoms with E-state index in [0.717, 1.165) is 34.1 Å². The zero-order valence-corrected chi connectivity index (χ0v) is 29.5. The molecule has 8 aromatic carbocycles. The molecule has 0 bridgehead atoms. The minimum atomic E-state index is 1.12. The van der Waals surface area contributed by atoms with Crippen molar-refractivity contribution in [2.24, 2.45) is 0 Å². The third-order valence-electron chi connectivity index (χ3n) is 9.55. The summed E-state index contributed by atoms with van der Waals surface area (Å²) in [6.07, 6.45) is 0.